The Morgan fingerprint density at radius 2 is 0.780 bits per heavy atom. The van der Waals surface area contributed by atoms with Gasteiger partial charge in [0.05, 0.1) is 11.4 Å². The van der Waals surface area contributed by atoms with E-state index in [1.165, 1.54) is 22.3 Å². The van der Waals surface area contributed by atoms with Crippen LogP contribution in [0.2, 0.25) is 0 Å². The average Bonchev–Trinajstić information content (AvgIpc) is 3.06. The number of benzene rings is 6. The molecule has 2 nitrogen and oxygen atoms in total. The molecular formula is C38H25BrN2. The fourth-order valence-electron chi connectivity index (χ4n) is 5.25. The van der Waals surface area contributed by atoms with Crippen molar-refractivity contribution < 1.29 is 0 Å². The summed E-state index contributed by atoms with van der Waals surface area (Å²) in [7, 11) is 0. The first-order chi connectivity index (χ1) is 20.2. The molecule has 0 aliphatic heterocycles. The van der Waals surface area contributed by atoms with Gasteiger partial charge < -0.3 is 0 Å². The third-order valence-corrected chi connectivity index (χ3v) is 8.10. The molecule has 7 aromatic rings. The van der Waals surface area contributed by atoms with Gasteiger partial charge in [0.15, 0.2) is 5.82 Å². The maximum atomic E-state index is 5.12. The van der Waals surface area contributed by atoms with Crippen molar-refractivity contribution in [1.29, 1.82) is 0 Å². The predicted molar refractivity (Wildman–Crippen MR) is 174 cm³/mol. The van der Waals surface area contributed by atoms with Crippen molar-refractivity contribution in [3.8, 4) is 56.2 Å². The second-order valence-corrected chi connectivity index (χ2v) is 10.8. The lowest BCUT2D eigenvalue weighted by Crippen LogP contribution is -1.97. The zero-order chi connectivity index (χ0) is 27.6. The van der Waals surface area contributed by atoms with Crippen LogP contribution in [0.25, 0.3) is 66.9 Å². The highest BCUT2D eigenvalue weighted by atomic mass is 79.9. The highest BCUT2D eigenvalue weighted by molar-refractivity contribution is 9.10. The largest absolute Gasteiger partial charge is 0.228 e. The Morgan fingerprint density at radius 3 is 1.29 bits per heavy atom. The van der Waals surface area contributed by atoms with Crippen molar-refractivity contribution in [2.75, 3.05) is 0 Å². The van der Waals surface area contributed by atoms with Crippen molar-refractivity contribution in [3.63, 3.8) is 0 Å². The second-order valence-electron chi connectivity index (χ2n) is 9.99. The van der Waals surface area contributed by atoms with E-state index in [1.54, 1.807) is 0 Å². The number of nitrogens with zero attached hydrogens (tertiary/aromatic N) is 2. The maximum absolute atomic E-state index is 5.12. The van der Waals surface area contributed by atoms with E-state index in [1.807, 2.05) is 12.1 Å². The molecule has 0 amide bonds. The van der Waals surface area contributed by atoms with Gasteiger partial charge in [0.1, 0.15) is 0 Å². The lowest BCUT2D eigenvalue weighted by atomic mass is 10.00. The average molecular weight is 590 g/mol. The summed E-state index contributed by atoms with van der Waals surface area (Å²) < 4.78 is 1.06. The number of hydrogen-bond donors (Lipinski definition) is 0. The minimum absolute atomic E-state index is 0.709. The van der Waals surface area contributed by atoms with E-state index in [4.69, 9.17) is 9.97 Å². The van der Waals surface area contributed by atoms with Gasteiger partial charge in [-0.15, -0.1) is 0 Å². The van der Waals surface area contributed by atoms with Crippen LogP contribution in [0.15, 0.2) is 156 Å². The van der Waals surface area contributed by atoms with Gasteiger partial charge in [-0.2, -0.15) is 0 Å². The van der Waals surface area contributed by atoms with Gasteiger partial charge in [0.2, 0.25) is 0 Å². The summed E-state index contributed by atoms with van der Waals surface area (Å²) in [5, 5.41) is 2.25. The molecule has 6 aromatic carbocycles. The number of aromatic nitrogens is 2. The highest BCUT2D eigenvalue weighted by Crippen LogP contribution is 2.35. The molecule has 0 N–H and O–H groups in total. The molecule has 0 radical (unpaired) electrons. The second kappa shape index (κ2) is 11.0. The SMILES string of the molecule is Brc1ccc(-c2nc(-c3ccc(-c4ccccc4)cc3)cc(-c3ccc(-c4ccccc4)cc3)n2)c2ccccc12. The van der Waals surface area contributed by atoms with Crippen LogP contribution in [0.4, 0.5) is 0 Å². The van der Waals surface area contributed by atoms with Crippen LogP contribution in [-0.4, -0.2) is 9.97 Å². The van der Waals surface area contributed by atoms with Gasteiger partial charge in [0.25, 0.3) is 0 Å². The monoisotopic (exact) mass is 588 g/mol. The summed E-state index contributed by atoms with van der Waals surface area (Å²) >= 11 is 3.72. The van der Waals surface area contributed by atoms with Gasteiger partial charge in [0, 0.05) is 21.2 Å². The standard InChI is InChI=1S/C38H25BrN2/c39-35-24-23-34(32-13-7-8-14-33(32)35)38-40-36(30-19-15-28(16-20-30)26-9-3-1-4-10-26)25-37(41-38)31-21-17-29(18-22-31)27-11-5-2-6-12-27/h1-25H. The molecule has 0 spiro atoms. The molecule has 1 heterocycles. The molecule has 194 valence electrons. The first-order valence-electron chi connectivity index (χ1n) is 13.6. The first-order valence-corrected chi connectivity index (χ1v) is 14.4. The summed E-state index contributed by atoms with van der Waals surface area (Å²) in [6.45, 7) is 0. The number of halogens is 1. The molecule has 0 bridgehead atoms. The predicted octanol–water partition coefficient (Wildman–Crippen LogP) is 10.7. The van der Waals surface area contributed by atoms with Gasteiger partial charge in [-0.1, -0.05) is 149 Å². The molecule has 41 heavy (non-hydrogen) atoms. The maximum Gasteiger partial charge on any atom is 0.161 e. The van der Waals surface area contributed by atoms with Crippen molar-refractivity contribution in [2.24, 2.45) is 0 Å². The van der Waals surface area contributed by atoms with E-state index >= 15 is 0 Å². The molecule has 0 aliphatic carbocycles. The van der Waals surface area contributed by atoms with Crippen molar-refractivity contribution in [3.05, 3.63) is 156 Å². The van der Waals surface area contributed by atoms with Gasteiger partial charge in [-0.25, -0.2) is 9.97 Å². The lowest BCUT2D eigenvalue weighted by molar-refractivity contribution is 1.19. The van der Waals surface area contributed by atoms with Crippen LogP contribution in [0.3, 0.4) is 0 Å². The Morgan fingerprint density at radius 1 is 0.366 bits per heavy atom. The zero-order valence-corrected chi connectivity index (χ0v) is 23.8. The fraction of sp³-hybridized carbons (Fsp3) is 0. The van der Waals surface area contributed by atoms with Gasteiger partial charge >= 0.3 is 0 Å². The molecule has 0 fully saturated rings. The molecule has 1 aromatic heterocycles. The van der Waals surface area contributed by atoms with Crippen molar-refractivity contribution in [1.82, 2.24) is 9.97 Å². The molecule has 7 rings (SSSR count). The van der Waals surface area contributed by atoms with Crippen molar-refractivity contribution >= 4 is 26.7 Å². The minimum atomic E-state index is 0.709. The molecule has 0 saturated carbocycles. The van der Waals surface area contributed by atoms with E-state index in [0.717, 1.165) is 43.3 Å². The first kappa shape index (κ1) is 25.1. The van der Waals surface area contributed by atoms with Crippen LogP contribution in [0.1, 0.15) is 0 Å². The highest BCUT2D eigenvalue weighted by Gasteiger charge is 2.14. The quantitative estimate of drug-likeness (QED) is 0.200. The molecule has 0 aliphatic rings. The molecule has 3 heteroatoms. The van der Waals surface area contributed by atoms with Gasteiger partial charge in [-0.3, -0.25) is 0 Å². The summed E-state index contributed by atoms with van der Waals surface area (Å²) in [5.74, 6) is 0.709. The normalized spacial score (nSPS) is 11.0. The van der Waals surface area contributed by atoms with E-state index in [9.17, 15) is 0 Å². The number of fused-ring (bicyclic) bond motifs is 1. The summed E-state index contributed by atoms with van der Waals surface area (Å²) in [6, 6.07) is 52.8. The molecular weight excluding hydrogens is 564 g/mol. The lowest BCUT2D eigenvalue weighted by Gasteiger charge is -2.12. The van der Waals surface area contributed by atoms with E-state index < -0.39 is 0 Å². The number of rotatable bonds is 5. The Balaban J connectivity index is 1.36. The van der Waals surface area contributed by atoms with E-state index in [0.29, 0.717) is 5.82 Å². The third kappa shape index (κ3) is 5.08. The molecule has 0 unspecified atom stereocenters. The third-order valence-electron chi connectivity index (χ3n) is 7.41. The Kier molecular flexibility index (Phi) is 6.72. The molecule has 0 saturated heterocycles. The zero-order valence-electron chi connectivity index (χ0n) is 22.2. The van der Waals surface area contributed by atoms with Crippen LogP contribution in [-0.2, 0) is 0 Å². The minimum Gasteiger partial charge on any atom is -0.228 e. The summed E-state index contributed by atoms with van der Waals surface area (Å²) in [4.78, 5) is 10.2. The number of hydrogen-bond acceptors (Lipinski definition) is 2. The molecule has 0 atom stereocenters. The Labute approximate surface area is 248 Å². The van der Waals surface area contributed by atoms with E-state index in [-0.39, 0.29) is 0 Å². The smallest absolute Gasteiger partial charge is 0.161 e. The Hall–Kier alpha value is -4.86. The van der Waals surface area contributed by atoms with E-state index in [2.05, 4.69) is 155 Å². The summed E-state index contributed by atoms with van der Waals surface area (Å²) in [6.07, 6.45) is 0. The van der Waals surface area contributed by atoms with Crippen molar-refractivity contribution in [2.45, 2.75) is 0 Å². The van der Waals surface area contributed by atoms with Crippen LogP contribution >= 0.6 is 15.9 Å². The topological polar surface area (TPSA) is 25.8 Å². The van der Waals surface area contributed by atoms with Crippen LogP contribution in [0.5, 0.6) is 0 Å². The van der Waals surface area contributed by atoms with Gasteiger partial charge in [-0.05, 0) is 51.2 Å². The van der Waals surface area contributed by atoms with Crippen LogP contribution < -0.4 is 0 Å². The summed E-state index contributed by atoms with van der Waals surface area (Å²) in [5.41, 5.74) is 9.65. The fourth-order valence-corrected chi connectivity index (χ4v) is 5.73. The van der Waals surface area contributed by atoms with Crippen LogP contribution in [0, 0.1) is 0 Å². The Bertz CT molecular complexity index is 1860.